The number of carbonyl (C=O) groups excluding carboxylic acids is 3. The average Bonchev–Trinajstić information content (AvgIpc) is 3.19. The topological polar surface area (TPSA) is 143 Å². The molecule has 212 valence electrons. The van der Waals surface area contributed by atoms with Crippen LogP contribution in [0.15, 0.2) is 72.9 Å². The van der Waals surface area contributed by atoms with Crippen LogP contribution < -0.4 is 10.2 Å². The molecule has 2 aliphatic rings. The molecule has 1 aromatic heterocycles. The van der Waals surface area contributed by atoms with Gasteiger partial charge in [-0.25, -0.2) is 24.2 Å². The number of pyridine rings is 1. The van der Waals surface area contributed by atoms with Gasteiger partial charge in [-0.2, -0.15) is 0 Å². The Morgan fingerprint density at radius 2 is 1.63 bits per heavy atom. The van der Waals surface area contributed by atoms with Gasteiger partial charge in [-0.3, -0.25) is 14.7 Å². The van der Waals surface area contributed by atoms with Gasteiger partial charge in [0.15, 0.2) is 6.04 Å². The van der Waals surface area contributed by atoms with Crippen molar-refractivity contribution >= 4 is 29.6 Å². The van der Waals surface area contributed by atoms with E-state index in [1.54, 1.807) is 30.5 Å². The molecule has 1 atom stereocenters. The van der Waals surface area contributed by atoms with Crippen molar-refractivity contribution in [3.8, 4) is 11.1 Å². The molecule has 0 bridgehead atoms. The third-order valence-corrected chi connectivity index (χ3v) is 7.80. The number of anilines is 1. The van der Waals surface area contributed by atoms with Crippen LogP contribution in [0.2, 0.25) is 0 Å². The van der Waals surface area contributed by atoms with Crippen LogP contribution in [0.4, 0.5) is 15.3 Å². The minimum Gasteiger partial charge on any atom is -0.480 e. The number of aromatic nitrogens is 1. The van der Waals surface area contributed by atoms with Crippen molar-refractivity contribution in [2.75, 3.05) is 24.6 Å². The maximum absolute atomic E-state index is 14.1. The van der Waals surface area contributed by atoms with E-state index in [1.807, 2.05) is 49.4 Å². The van der Waals surface area contributed by atoms with Gasteiger partial charge in [0.1, 0.15) is 5.54 Å². The van der Waals surface area contributed by atoms with Crippen LogP contribution in [0.3, 0.4) is 0 Å². The first-order chi connectivity index (χ1) is 19.7. The Morgan fingerprint density at radius 3 is 2.24 bits per heavy atom. The molecule has 11 heteroatoms. The molecular formula is C30H31N5O6. The molecular weight excluding hydrogens is 526 g/mol. The number of aliphatic hydroxyl groups is 1. The lowest BCUT2D eigenvalue weighted by Gasteiger charge is -2.41. The van der Waals surface area contributed by atoms with Crippen molar-refractivity contribution in [1.82, 2.24) is 20.1 Å². The minimum atomic E-state index is -1.63. The van der Waals surface area contributed by atoms with Crippen molar-refractivity contribution in [2.24, 2.45) is 0 Å². The highest BCUT2D eigenvalue weighted by atomic mass is 16.4. The van der Waals surface area contributed by atoms with Gasteiger partial charge >= 0.3 is 18.0 Å². The summed E-state index contributed by atoms with van der Waals surface area (Å²) < 4.78 is 0. The highest BCUT2D eigenvalue weighted by molar-refractivity contribution is 6.27. The number of piperidine rings is 1. The van der Waals surface area contributed by atoms with Crippen molar-refractivity contribution in [3.63, 3.8) is 0 Å². The zero-order valence-electron chi connectivity index (χ0n) is 22.6. The molecule has 2 aromatic carbocycles. The number of amides is 5. The first-order valence-electron chi connectivity index (χ1n) is 13.4. The predicted molar refractivity (Wildman–Crippen MR) is 150 cm³/mol. The first kappa shape index (κ1) is 27.9. The number of benzene rings is 2. The molecule has 1 spiro atoms. The van der Waals surface area contributed by atoms with E-state index in [9.17, 15) is 29.4 Å². The van der Waals surface area contributed by atoms with Crippen molar-refractivity contribution in [2.45, 2.75) is 37.9 Å². The highest BCUT2D eigenvalue weighted by Crippen LogP contribution is 2.40. The summed E-state index contributed by atoms with van der Waals surface area (Å²) in [5.41, 5.74) is 2.60. The molecule has 5 amide bonds. The molecule has 0 radical (unpaired) electrons. The van der Waals surface area contributed by atoms with Crippen LogP contribution in [0.1, 0.15) is 24.1 Å². The summed E-state index contributed by atoms with van der Waals surface area (Å²) in [5.74, 6) is -2.00. The van der Waals surface area contributed by atoms with Crippen LogP contribution in [0.25, 0.3) is 11.1 Å². The number of urea groups is 2. The maximum atomic E-state index is 14.1. The Hall–Kier alpha value is -4.61. The monoisotopic (exact) mass is 557 g/mol. The Morgan fingerprint density at radius 1 is 0.976 bits per heavy atom. The lowest BCUT2D eigenvalue weighted by molar-refractivity contribution is -0.140. The molecule has 0 unspecified atom stereocenters. The summed E-state index contributed by atoms with van der Waals surface area (Å²) in [7, 11) is 0. The number of carbonyl (C=O) groups is 4. The second-order valence-electron chi connectivity index (χ2n) is 10.3. The van der Waals surface area contributed by atoms with Gasteiger partial charge in [0.25, 0.3) is 5.91 Å². The van der Waals surface area contributed by atoms with Crippen molar-refractivity contribution in [3.05, 3.63) is 84.2 Å². The number of aryl methyl sites for hydroxylation is 1. The van der Waals surface area contributed by atoms with E-state index >= 15 is 0 Å². The van der Waals surface area contributed by atoms with Gasteiger partial charge in [0.2, 0.25) is 0 Å². The third-order valence-electron chi connectivity index (χ3n) is 7.80. The van der Waals surface area contributed by atoms with Crippen LogP contribution in [0, 0.1) is 6.92 Å². The van der Waals surface area contributed by atoms with Gasteiger partial charge in [-0.05, 0) is 54.7 Å². The molecule has 0 aliphatic carbocycles. The molecule has 5 rings (SSSR count). The molecule has 41 heavy (non-hydrogen) atoms. The zero-order valence-corrected chi connectivity index (χ0v) is 22.6. The molecule has 2 aliphatic heterocycles. The Kier molecular flexibility index (Phi) is 7.82. The molecule has 3 N–H and O–H groups in total. The zero-order chi connectivity index (χ0) is 29.1. The van der Waals surface area contributed by atoms with E-state index < -0.39 is 42.1 Å². The number of nitrogens with one attached hydrogen (secondary N) is 1. The number of imide groups is 2. The fourth-order valence-corrected chi connectivity index (χ4v) is 5.43. The number of carboxylic acid groups (broad SMARTS) is 1. The number of hydrogen-bond donors (Lipinski definition) is 3. The first-order valence-corrected chi connectivity index (χ1v) is 13.4. The summed E-state index contributed by atoms with van der Waals surface area (Å²) in [5, 5.41) is 21.0. The normalized spacial score (nSPS) is 17.6. The number of rotatable bonds is 7. The molecule has 3 heterocycles. The smallest absolute Gasteiger partial charge is 0.340 e. The Labute approximate surface area is 237 Å². The standard InChI is InChI=1S/C30H31N5O6/c1-20-6-5-15-31-24(20)18-33-16-13-30(14-17-33)27(39)34(29(41)35(30)28(40)32-25(19-36)26(37)38)23-11-9-22(10-12-23)21-7-3-2-4-8-21/h2-12,15,25,36H,13-14,16-19H2,1H3,(H,32,40)(H,37,38)/t25-/m0/s1. The van der Waals surface area contributed by atoms with Gasteiger partial charge in [0, 0.05) is 25.8 Å². The fourth-order valence-electron chi connectivity index (χ4n) is 5.43. The third kappa shape index (κ3) is 5.29. The van der Waals surface area contributed by atoms with Crippen molar-refractivity contribution in [1.29, 1.82) is 0 Å². The molecule has 3 aromatic rings. The number of hydrogen-bond acceptors (Lipinski definition) is 7. The molecule has 2 saturated heterocycles. The van der Waals surface area contributed by atoms with Gasteiger partial charge in [0.05, 0.1) is 18.0 Å². The van der Waals surface area contributed by atoms with E-state index in [2.05, 4.69) is 15.2 Å². The molecule has 2 fully saturated rings. The van der Waals surface area contributed by atoms with E-state index in [0.717, 1.165) is 32.2 Å². The van der Waals surface area contributed by atoms with Crippen LogP contribution in [0.5, 0.6) is 0 Å². The summed E-state index contributed by atoms with van der Waals surface area (Å²) >= 11 is 0. The van der Waals surface area contributed by atoms with Crippen molar-refractivity contribution < 1.29 is 29.4 Å². The van der Waals surface area contributed by atoms with Gasteiger partial charge < -0.3 is 15.5 Å². The van der Waals surface area contributed by atoms with Crippen LogP contribution in [-0.2, 0) is 16.1 Å². The van der Waals surface area contributed by atoms with E-state index in [-0.39, 0.29) is 12.8 Å². The van der Waals surface area contributed by atoms with Crippen LogP contribution >= 0.6 is 0 Å². The predicted octanol–water partition coefficient (Wildman–Crippen LogP) is 3.02. The number of carboxylic acids is 1. The lowest BCUT2D eigenvalue weighted by Crippen LogP contribution is -2.61. The molecule has 11 nitrogen and oxygen atoms in total. The summed E-state index contributed by atoms with van der Waals surface area (Å²) in [6.45, 7) is 2.46. The van der Waals surface area contributed by atoms with E-state index in [4.69, 9.17) is 0 Å². The second kappa shape index (κ2) is 11.5. The number of likely N-dealkylation sites (tertiary alicyclic amines) is 1. The highest BCUT2D eigenvalue weighted by Gasteiger charge is 2.61. The minimum absolute atomic E-state index is 0.159. The maximum Gasteiger partial charge on any atom is 0.340 e. The number of nitrogens with zero attached hydrogens (tertiary/aromatic N) is 4. The van der Waals surface area contributed by atoms with Gasteiger partial charge in [-0.15, -0.1) is 0 Å². The average molecular weight is 558 g/mol. The Balaban J connectivity index is 1.44. The van der Waals surface area contributed by atoms with Gasteiger partial charge in [-0.1, -0.05) is 48.5 Å². The second-order valence-corrected chi connectivity index (χ2v) is 10.3. The largest absolute Gasteiger partial charge is 0.480 e. The quantitative estimate of drug-likeness (QED) is 0.376. The van der Waals surface area contributed by atoms with E-state index in [1.165, 1.54) is 0 Å². The fraction of sp³-hybridized carbons (Fsp3) is 0.300. The summed E-state index contributed by atoms with van der Waals surface area (Å²) in [6, 6.07) is 16.8. The molecule has 0 saturated carbocycles. The van der Waals surface area contributed by atoms with E-state index in [0.29, 0.717) is 25.3 Å². The Bertz CT molecular complexity index is 1450. The SMILES string of the molecule is Cc1cccnc1CN1CCC2(CC1)C(=O)N(c1ccc(-c3ccccc3)cc1)C(=O)N2C(=O)N[C@@H](CO)C(=O)O. The number of aliphatic carboxylic acids is 1. The lowest BCUT2D eigenvalue weighted by atomic mass is 9.85. The number of aliphatic hydroxyl groups excluding tert-OH is 1. The summed E-state index contributed by atoms with van der Waals surface area (Å²) in [6.07, 6.45) is 2.04. The summed E-state index contributed by atoms with van der Waals surface area (Å²) in [4.78, 5) is 61.1. The van der Waals surface area contributed by atoms with Crippen LogP contribution in [-0.4, -0.2) is 80.2 Å².